The van der Waals surface area contributed by atoms with Crippen molar-refractivity contribution in [2.45, 2.75) is 92.4 Å². The summed E-state index contributed by atoms with van der Waals surface area (Å²) in [7, 11) is 0. The molecule has 0 aromatic carbocycles. The van der Waals surface area contributed by atoms with Gasteiger partial charge in [0.05, 0.1) is 0 Å². The predicted molar refractivity (Wildman–Crippen MR) is 94.1 cm³/mol. The van der Waals surface area contributed by atoms with E-state index in [4.69, 9.17) is 0 Å². The normalized spacial score (nSPS) is 17.4. The first kappa shape index (κ1) is 19.7. The first-order valence-electron chi connectivity index (χ1n) is 9.23. The molecule has 0 aromatic heterocycles. The highest BCUT2D eigenvalue weighted by atomic mass is 14.3. The van der Waals surface area contributed by atoms with Crippen LogP contribution in [-0.2, 0) is 0 Å². The van der Waals surface area contributed by atoms with Gasteiger partial charge in [-0.2, -0.15) is 0 Å². The Balaban J connectivity index is 4.81. The number of hydrogen-bond acceptors (Lipinski definition) is 0. The molecule has 0 heteroatoms. The molecule has 0 aromatic rings. The van der Waals surface area contributed by atoms with E-state index in [1.807, 2.05) is 0 Å². The van der Waals surface area contributed by atoms with E-state index in [-0.39, 0.29) is 0 Å². The van der Waals surface area contributed by atoms with Crippen LogP contribution in [0.4, 0.5) is 0 Å². The van der Waals surface area contributed by atoms with Crippen molar-refractivity contribution in [1.82, 2.24) is 0 Å². The predicted octanol–water partition coefficient (Wildman–Crippen LogP) is 7.25. The molecule has 0 nitrogen and oxygen atoms in total. The van der Waals surface area contributed by atoms with Crippen LogP contribution in [0, 0.1) is 23.7 Å². The minimum absolute atomic E-state index is 0.851. The molecule has 0 bridgehead atoms. The molecule has 0 aliphatic rings. The topological polar surface area (TPSA) is 0 Å². The molecule has 0 aliphatic heterocycles. The number of hydrogen-bond donors (Lipinski definition) is 0. The Hall–Kier alpha value is -0.260. The van der Waals surface area contributed by atoms with Crippen molar-refractivity contribution in [3.63, 3.8) is 0 Å². The first-order valence-corrected chi connectivity index (χ1v) is 9.23. The Morgan fingerprint density at radius 1 is 0.750 bits per heavy atom. The summed E-state index contributed by atoms with van der Waals surface area (Å²) in [6.07, 6.45) is 14.4. The Morgan fingerprint density at radius 2 is 1.30 bits per heavy atom. The lowest BCUT2D eigenvalue weighted by Gasteiger charge is -2.36. The average Bonchev–Trinajstić information content (AvgIpc) is 2.42. The summed E-state index contributed by atoms with van der Waals surface area (Å²) in [5.74, 6) is 3.48. The Kier molecular flexibility index (Phi) is 12.3. The van der Waals surface area contributed by atoms with E-state index >= 15 is 0 Å². The zero-order valence-electron chi connectivity index (χ0n) is 15.0. The maximum Gasteiger partial charge on any atom is -0.0320 e. The number of rotatable bonds is 13. The monoisotopic (exact) mass is 280 g/mol. The standard InChI is InChI=1S/C20H40/c1-7-11-12-16-20(18(6)14-9-3)19(15-10-4)17(5)13-8-2/h10,17-20H,4,7-9,11-16H2,1-3,5-6H3. The van der Waals surface area contributed by atoms with Crippen LogP contribution < -0.4 is 0 Å². The van der Waals surface area contributed by atoms with Crippen molar-refractivity contribution in [3.05, 3.63) is 12.7 Å². The SMILES string of the molecule is C=CCC(C(C)CCC)C(CCCCC)C(C)CCC. The van der Waals surface area contributed by atoms with Crippen molar-refractivity contribution in [2.24, 2.45) is 23.7 Å². The molecule has 0 saturated heterocycles. The molecule has 0 heterocycles. The second-order valence-electron chi connectivity index (χ2n) is 6.88. The van der Waals surface area contributed by atoms with Gasteiger partial charge >= 0.3 is 0 Å². The van der Waals surface area contributed by atoms with Crippen molar-refractivity contribution in [3.8, 4) is 0 Å². The summed E-state index contributed by atoms with van der Waals surface area (Å²) < 4.78 is 0. The third-order valence-corrected chi connectivity index (χ3v) is 5.08. The van der Waals surface area contributed by atoms with Gasteiger partial charge in [-0.15, -0.1) is 6.58 Å². The average molecular weight is 281 g/mol. The fourth-order valence-corrected chi connectivity index (χ4v) is 3.91. The van der Waals surface area contributed by atoms with Crippen LogP contribution in [0.1, 0.15) is 92.4 Å². The van der Waals surface area contributed by atoms with Crippen molar-refractivity contribution in [2.75, 3.05) is 0 Å². The summed E-state index contributed by atoms with van der Waals surface area (Å²) >= 11 is 0. The van der Waals surface area contributed by atoms with Gasteiger partial charge < -0.3 is 0 Å². The molecule has 0 spiro atoms. The summed E-state index contributed by atoms with van der Waals surface area (Å²) in [5, 5.41) is 0. The molecule has 0 saturated carbocycles. The molecule has 0 aliphatic carbocycles. The van der Waals surface area contributed by atoms with E-state index in [2.05, 4.69) is 47.3 Å². The van der Waals surface area contributed by atoms with Gasteiger partial charge in [0.2, 0.25) is 0 Å². The maximum absolute atomic E-state index is 4.03. The van der Waals surface area contributed by atoms with E-state index in [0.717, 1.165) is 23.7 Å². The minimum atomic E-state index is 0.851. The quantitative estimate of drug-likeness (QED) is 0.246. The van der Waals surface area contributed by atoms with Crippen molar-refractivity contribution >= 4 is 0 Å². The van der Waals surface area contributed by atoms with Gasteiger partial charge in [-0.3, -0.25) is 0 Å². The van der Waals surface area contributed by atoms with Crippen LogP contribution in [-0.4, -0.2) is 0 Å². The molecule has 0 fully saturated rings. The van der Waals surface area contributed by atoms with Crippen molar-refractivity contribution < 1.29 is 0 Å². The molecular weight excluding hydrogens is 240 g/mol. The highest BCUT2D eigenvalue weighted by Crippen LogP contribution is 2.38. The highest BCUT2D eigenvalue weighted by Gasteiger charge is 2.28. The molecular formula is C20H40. The molecule has 0 rings (SSSR count). The lowest BCUT2D eigenvalue weighted by atomic mass is 9.70. The summed E-state index contributed by atoms with van der Waals surface area (Å²) in [5.41, 5.74) is 0. The van der Waals surface area contributed by atoms with Gasteiger partial charge in [0.1, 0.15) is 0 Å². The van der Waals surface area contributed by atoms with E-state index in [1.54, 1.807) is 0 Å². The molecule has 120 valence electrons. The summed E-state index contributed by atoms with van der Waals surface area (Å²) in [4.78, 5) is 0. The van der Waals surface area contributed by atoms with Gasteiger partial charge in [0.15, 0.2) is 0 Å². The molecule has 20 heavy (non-hydrogen) atoms. The van der Waals surface area contributed by atoms with Gasteiger partial charge in [0.25, 0.3) is 0 Å². The second-order valence-corrected chi connectivity index (χ2v) is 6.88. The molecule has 4 unspecified atom stereocenters. The zero-order chi connectivity index (χ0) is 15.4. The van der Waals surface area contributed by atoms with Crippen LogP contribution in [0.2, 0.25) is 0 Å². The zero-order valence-corrected chi connectivity index (χ0v) is 15.0. The first-order chi connectivity index (χ1) is 9.62. The summed E-state index contributed by atoms with van der Waals surface area (Å²) in [6, 6.07) is 0. The van der Waals surface area contributed by atoms with E-state index < -0.39 is 0 Å². The van der Waals surface area contributed by atoms with Gasteiger partial charge in [-0.25, -0.2) is 0 Å². The second kappa shape index (κ2) is 12.5. The Morgan fingerprint density at radius 3 is 1.75 bits per heavy atom. The Bertz CT molecular complexity index is 218. The van der Waals surface area contributed by atoms with E-state index in [0.29, 0.717) is 0 Å². The van der Waals surface area contributed by atoms with Crippen LogP contribution in [0.3, 0.4) is 0 Å². The maximum atomic E-state index is 4.03. The van der Waals surface area contributed by atoms with Crippen LogP contribution in [0.25, 0.3) is 0 Å². The summed E-state index contributed by atoms with van der Waals surface area (Å²) in [6.45, 7) is 16.0. The van der Waals surface area contributed by atoms with Crippen LogP contribution >= 0.6 is 0 Å². The number of unbranched alkanes of at least 4 members (excludes halogenated alkanes) is 2. The molecule has 0 amide bonds. The number of allylic oxidation sites excluding steroid dienone is 1. The third-order valence-electron chi connectivity index (χ3n) is 5.08. The fraction of sp³-hybridized carbons (Fsp3) is 0.900. The fourth-order valence-electron chi connectivity index (χ4n) is 3.91. The lowest BCUT2D eigenvalue weighted by molar-refractivity contribution is 0.150. The van der Waals surface area contributed by atoms with Crippen LogP contribution in [0.5, 0.6) is 0 Å². The lowest BCUT2D eigenvalue weighted by Crippen LogP contribution is -2.27. The molecule has 0 radical (unpaired) electrons. The largest absolute Gasteiger partial charge is 0.103 e. The smallest absolute Gasteiger partial charge is 0.0320 e. The Labute approximate surface area is 129 Å². The van der Waals surface area contributed by atoms with Gasteiger partial charge in [-0.1, -0.05) is 85.6 Å². The molecule has 4 atom stereocenters. The van der Waals surface area contributed by atoms with E-state index in [9.17, 15) is 0 Å². The molecule has 0 N–H and O–H groups in total. The van der Waals surface area contributed by atoms with Gasteiger partial charge in [-0.05, 0) is 36.5 Å². The van der Waals surface area contributed by atoms with Crippen molar-refractivity contribution in [1.29, 1.82) is 0 Å². The van der Waals surface area contributed by atoms with Gasteiger partial charge in [0, 0.05) is 0 Å². The van der Waals surface area contributed by atoms with E-state index in [1.165, 1.54) is 57.8 Å². The highest BCUT2D eigenvalue weighted by molar-refractivity contribution is 4.84. The minimum Gasteiger partial charge on any atom is -0.103 e. The third kappa shape index (κ3) is 7.50. The van der Waals surface area contributed by atoms with Crippen LogP contribution in [0.15, 0.2) is 12.7 Å².